The summed E-state index contributed by atoms with van der Waals surface area (Å²) in [6.45, 7) is 5.92. The van der Waals surface area contributed by atoms with Gasteiger partial charge in [-0.1, -0.05) is 19.3 Å². The van der Waals surface area contributed by atoms with Crippen LogP contribution in [0.5, 0.6) is 11.5 Å². The molecule has 1 aliphatic rings. The third-order valence-corrected chi connectivity index (χ3v) is 2.56. The van der Waals surface area contributed by atoms with Crippen molar-refractivity contribution >= 4 is 0 Å². The summed E-state index contributed by atoms with van der Waals surface area (Å²) in [7, 11) is 0. The molecule has 2 rings (SSSR count). The number of aryl methyl sites for hydroxylation is 1. The highest BCUT2D eigenvalue weighted by molar-refractivity contribution is 5.54. The maximum atomic E-state index is 5.69. The second-order valence-electron chi connectivity index (χ2n) is 4.45. The first-order chi connectivity index (χ1) is 7.55. The number of ether oxygens (including phenoxy) is 2. The van der Waals surface area contributed by atoms with E-state index in [9.17, 15) is 0 Å². The molecule has 1 aliphatic heterocycles. The molecule has 2 heteroatoms. The molecule has 0 N–H and O–H groups in total. The summed E-state index contributed by atoms with van der Waals surface area (Å²) in [6, 6.07) is 3.90. The summed E-state index contributed by atoms with van der Waals surface area (Å²) in [5.74, 6) is 3.66. The summed E-state index contributed by atoms with van der Waals surface area (Å²) in [5, 5.41) is 0. The summed E-state index contributed by atoms with van der Waals surface area (Å²) >= 11 is 0. The van der Waals surface area contributed by atoms with E-state index in [4.69, 9.17) is 15.9 Å². The number of hydrogen-bond donors (Lipinski definition) is 0. The molecule has 0 radical (unpaired) electrons. The fraction of sp³-hybridized carbons (Fsp3) is 0.429. The van der Waals surface area contributed by atoms with Crippen molar-refractivity contribution < 1.29 is 9.47 Å². The van der Waals surface area contributed by atoms with Crippen molar-refractivity contribution in [2.75, 3.05) is 0 Å². The molecule has 0 unspecified atom stereocenters. The van der Waals surface area contributed by atoms with Gasteiger partial charge in [-0.15, -0.1) is 6.42 Å². The van der Waals surface area contributed by atoms with E-state index in [1.807, 2.05) is 26.0 Å². The van der Waals surface area contributed by atoms with Gasteiger partial charge in [0.2, 0.25) is 5.79 Å². The Morgan fingerprint density at radius 3 is 2.44 bits per heavy atom. The minimum absolute atomic E-state index is 0.584. The van der Waals surface area contributed by atoms with E-state index in [2.05, 4.69) is 12.8 Å². The Morgan fingerprint density at radius 2 is 1.88 bits per heavy atom. The van der Waals surface area contributed by atoms with E-state index < -0.39 is 5.79 Å². The molecule has 84 valence electrons. The zero-order chi connectivity index (χ0) is 11.8. The fourth-order valence-corrected chi connectivity index (χ4v) is 1.92. The van der Waals surface area contributed by atoms with Crippen LogP contribution in [0, 0.1) is 12.3 Å². The zero-order valence-electron chi connectivity index (χ0n) is 9.96. The molecule has 0 bridgehead atoms. The smallest absolute Gasteiger partial charge is 0.246 e. The molecular weight excluding hydrogens is 200 g/mol. The lowest BCUT2D eigenvalue weighted by Gasteiger charge is -2.16. The highest BCUT2D eigenvalue weighted by Crippen LogP contribution is 2.41. The van der Waals surface area contributed by atoms with E-state index >= 15 is 0 Å². The van der Waals surface area contributed by atoms with Crippen LogP contribution in [0.3, 0.4) is 0 Å². The predicted octanol–water partition coefficient (Wildman–Crippen LogP) is 3.13. The summed E-state index contributed by atoms with van der Waals surface area (Å²) in [6.07, 6.45) is 7.53. The average molecular weight is 216 g/mol. The quantitative estimate of drug-likeness (QED) is 0.707. The van der Waals surface area contributed by atoms with Gasteiger partial charge in [0.15, 0.2) is 11.5 Å². The summed E-state index contributed by atoms with van der Waals surface area (Å²) in [4.78, 5) is 0. The average Bonchev–Trinajstić information content (AvgIpc) is 2.50. The monoisotopic (exact) mass is 216 g/mol. The second-order valence-corrected chi connectivity index (χ2v) is 4.45. The Balaban J connectivity index is 2.43. The predicted molar refractivity (Wildman–Crippen MR) is 63.7 cm³/mol. The Labute approximate surface area is 96.6 Å². The van der Waals surface area contributed by atoms with Crippen molar-refractivity contribution in [1.29, 1.82) is 0 Å². The van der Waals surface area contributed by atoms with E-state index in [-0.39, 0.29) is 0 Å². The third kappa shape index (κ3) is 1.86. The summed E-state index contributed by atoms with van der Waals surface area (Å²) in [5.41, 5.74) is 2.06. The molecule has 0 spiro atoms. The van der Waals surface area contributed by atoms with Crippen LogP contribution < -0.4 is 9.47 Å². The van der Waals surface area contributed by atoms with E-state index in [1.54, 1.807) is 0 Å². The van der Waals surface area contributed by atoms with Gasteiger partial charge in [-0.3, -0.25) is 0 Å². The van der Waals surface area contributed by atoms with Crippen LogP contribution in [0.15, 0.2) is 12.1 Å². The van der Waals surface area contributed by atoms with Crippen molar-refractivity contribution in [3.8, 4) is 23.8 Å². The first-order valence-electron chi connectivity index (χ1n) is 5.57. The normalized spacial score (nSPS) is 15.9. The van der Waals surface area contributed by atoms with Gasteiger partial charge in [-0.2, -0.15) is 0 Å². The van der Waals surface area contributed by atoms with Crippen molar-refractivity contribution in [2.45, 2.75) is 39.4 Å². The molecule has 16 heavy (non-hydrogen) atoms. The Kier molecular flexibility index (Phi) is 2.55. The van der Waals surface area contributed by atoms with Crippen molar-refractivity contribution in [3.63, 3.8) is 0 Å². The molecule has 0 saturated carbocycles. The largest absolute Gasteiger partial charge is 0.449 e. The minimum atomic E-state index is -0.584. The molecule has 1 aromatic carbocycles. The second kappa shape index (κ2) is 3.75. The van der Waals surface area contributed by atoms with Gasteiger partial charge < -0.3 is 9.47 Å². The van der Waals surface area contributed by atoms with Crippen LogP contribution in [0.1, 0.15) is 38.3 Å². The van der Waals surface area contributed by atoms with E-state index in [0.29, 0.717) is 0 Å². The van der Waals surface area contributed by atoms with E-state index in [0.717, 1.165) is 35.5 Å². The van der Waals surface area contributed by atoms with Crippen molar-refractivity contribution in [3.05, 3.63) is 23.3 Å². The van der Waals surface area contributed by atoms with Gasteiger partial charge in [0.25, 0.3) is 0 Å². The molecule has 2 nitrogen and oxygen atoms in total. The maximum absolute atomic E-state index is 5.69. The summed E-state index contributed by atoms with van der Waals surface area (Å²) < 4.78 is 11.3. The van der Waals surface area contributed by atoms with Gasteiger partial charge in [0.1, 0.15) is 0 Å². The lowest BCUT2D eigenvalue weighted by Crippen LogP contribution is -2.29. The number of benzene rings is 1. The molecular formula is C14H16O2. The van der Waals surface area contributed by atoms with Gasteiger partial charge in [0, 0.05) is 25.5 Å². The van der Waals surface area contributed by atoms with Crippen LogP contribution in [-0.4, -0.2) is 5.79 Å². The Morgan fingerprint density at radius 1 is 1.25 bits per heavy atom. The number of fused-ring (bicyclic) bond motifs is 1. The van der Waals surface area contributed by atoms with Crippen LogP contribution in [-0.2, 0) is 6.42 Å². The van der Waals surface area contributed by atoms with Crippen LogP contribution in [0.2, 0.25) is 0 Å². The lowest BCUT2D eigenvalue weighted by atomic mass is 10.0. The van der Waals surface area contributed by atoms with Gasteiger partial charge in [-0.05, 0) is 18.1 Å². The fourth-order valence-electron chi connectivity index (χ4n) is 1.92. The van der Waals surface area contributed by atoms with Crippen molar-refractivity contribution in [2.24, 2.45) is 0 Å². The molecule has 1 heterocycles. The molecule has 0 fully saturated rings. The zero-order valence-corrected chi connectivity index (χ0v) is 9.96. The van der Waals surface area contributed by atoms with Crippen LogP contribution in [0.25, 0.3) is 0 Å². The number of hydrogen-bond acceptors (Lipinski definition) is 2. The Bertz CT molecular complexity index is 453. The highest BCUT2D eigenvalue weighted by Gasteiger charge is 2.32. The van der Waals surface area contributed by atoms with Gasteiger partial charge in [0.05, 0.1) is 0 Å². The van der Waals surface area contributed by atoms with E-state index in [1.165, 1.54) is 0 Å². The Hall–Kier alpha value is -1.62. The molecule has 0 atom stereocenters. The van der Waals surface area contributed by atoms with Gasteiger partial charge in [-0.25, -0.2) is 0 Å². The topological polar surface area (TPSA) is 18.5 Å². The van der Waals surface area contributed by atoms with Gasteiger partial charge >= 0.3 is 0 Å². The first kappa shape index (κ1) is 10.9. The minimum Gasteiger partial charge on any atom is -0.449 e. The third-order valence-electron chi connectivity index (χ3n) is 2.56. The van der Waals surface area contributed by atoms with Crippen LogP contribution >= 0.6 is 0 Å². The molecule has 0 aliphatic carbocycles. The van der Waals surface area contributed by atoms with Crippen molar-refractivity contribution in [1.82, 2.24) is 0 Å². The van der Waals surface area contributed by atoms with Crippen LogP contribution in [0.4, 0.5) is 0 Å². The number of rotatable bonds is 2. The molecule has 0 aromatic heterocycles. The number of terminal acetylenes is 1. The molecule has 1 aromatic rings. The highest BCUT2D eigenvalue weighted by atomic mass is 16.7. The standard InChI is InChI=1S/C14H16O2/c1-5-7-11-9-13-12(8-10(11)6-2)15-14(3,4)16-13/h2,8-9H,5,7H2,1,3-4H3. The first-order valence-corrected chi connectivity index (χ1v) is 5.57. The maximum Gasteiger partial charge on any atom is 0.246 e. The SMILES string of the molecule is C#Cc1cc2c(cc1CCC)OC(C)(C)O2. The molecule has 0 amide bonds. The molecule has 0 saturated heterocycles. The lowest BCUT2D eigenvalue weighted by molar-refractivity contribution is -0.0431.